The molecule has 0 heterocycles. The van der Waals surface area contributed by atoms with Gasteiger partial charge in [0.1, 0.15) is 5.82 Å². The van der Waals surface area contributed by atoms with Crippen molar-refractivity contribution in [2.75, 3.05) is 0 Å². The minimum atomic E-state index is -0.253. The fourth-order valence-electron chi connectivity index (χ4n) is 0.943. The van der Waals surface area contributed by atoms with Gasteiger partial charge in [0.05, 0.1) is 0 Å². The summed E-state index contributed by atoms with van der Waals surface area (Å²) in [7, 11) is 0. The maximum atomic E-state index is 13.0. The first-order chi connectivity index (χ1) is 5.15. The third-order valence-electron chi connectivity index (χ3n) is 1.51. The van der Waals surface area contributed by atoms with Gasteiger partial charge in [0.15, 0.2) is 0 Å². The Bertz CT molecular complexity index is 273. The number of rotatable bonds is 1. The predicted molar refractivity (Wildman–Crippen MR) is 44.0 cm³/mol. The first kappa shape index (κ1) is 8.50. The summed E-state index contributed by atoms with van der Waals surface area (Å²) in [4.78, 5) is 0. The van der Waals surface area contributed by atoms with Crippen LogP contribution < -0.4 is 5.73 Å². The van der Waals surface area contributed by atoms with Crippen LogP contribution >= 0.6 is 11.6 Å². The molecule has 0 amide bonds. The van der Waals surface area contributed by atoms with Crippen molar-refractivity contribution < 1.29 is 4.39 Å². The average Bonchev–Trinajstić information content (AvgIpc) is 1.96. The Morgan fingerprint density at radius 1 is 1.55 bits per heavy atom. The van der Waals surface area contributed by atoms with Crippen LogP contribution in [0.1, 0.15) is 11.1 Å². The molecule has 0 aliphatic rings. The zero-order valence-corrected chi connectivity index (χ0v) is 6.95. The fourth-order valence-corrected chi connectivity index (χ4v) is 1.24. The summed E-state index contributed by atoms with van der Waals surface area (Å²) < 4.78 is 13.0. The van der Waals surface area contributed by atoms with Gasteiger partial charge in [-0.3, -0.25) is 0 Å². The van der Waals surface area contributed by atoms with Crippen molar-refractivity contribution in [1.82, 2.24) is 0 Å². The van der Waals surface area contributed by atoms with E-state index < -0.39 is 0 Å². The lowest BCUT2D eigenvalue weighted by Crippen LogP contribution is -2.01. The van der Waals surface area contributed by atoms with Crippen LogP contribution in [0.4, 0.5) is 4.39 Å². The number of hydrogen-bond acceptors (Lipinski definition) is 1. The van der Waals surface area contributed by atoms with E-state index in [-0.39, 0.29) is 12.4 Å². The van der Waals surface area contributed by atoms with Gasteiger partial charge in [-0.2, -0.15) is 0 Å². The van der Waals surface area contributed by atoms with Gasteiger partial charge >= 0.3 is 0 Å². The zero-order chi connectivity index (χ0) is 8.43. The van der Waals surface area contributed by atoms with Gasteiger partial charge in [-0.1, -0.05) is 11.6 Å². The van der Waals surface area contributed by atoms with Gasteiger partial charge in [-0.05, 0) is 24.6 Å². The van der Waals surface area contributed by atoms with Crippen LogP contribution in [0.25, 0.3) is 0 Å². The van der Waals surface area contributed by atoms with E-state index in [1.165, 1.54) is 0 Å². The zero-order valence-electron chi connectivity index (χ0n) is 6.20. The van der Waals surface area contributed by atoms with E-state index in [0.29, 0.717) is 16.1 Å². The van der Waals surface area contributed by atoms with Crippen LogP contribution in [0.3, 0.4) is 0 Å². The maximum Gasteiger partial charge on any atom is 0.130 e. The summed E-state index contributed by atoms with van der Waals surface area (Å²) in [6.07, 6.45) is 0. The molecule has 0 atom stereocenters. The van der Waals surface area contributed by atoms with Crippen LogP contribution in [0, 0.1) is 12.7 Å². The van der Waals surface area contributed by atoms with Gasteiger partial charge in [0.25, 0.3) is 0 Å². The first-order valence-electron chi connectivity index (χ1n) is 3.29. The summed E-state index contributed by atoms with van der Waals surface area (Å²) in [5.74, 6) is -0.253. The molecule has 2 N–H and O–H groups in total. The van der Waals surface area contributed by atoms with Crippen molar-refractivity contribution in [3.8, 4) is 0 Å². The van der Waals surface area contributed by atoms with Crippen molar-refractivity contribution in [3.05, 3.63) is 34.1 Å². The summed E-state index contributed by atoms with van der Waals surface area (Å²) >= 11 is 5.68. The van der Waals surface area contributed by atoms with Crippen molar-refractivity contribution in [2.24, 2.45) is 5.73 Å². The highest BCUT2D eigenvalue weighted by Gasteiger charge is 2.04. The van der Waals surface area contributed by atoms with Crippen molar-refractivity contribution >= 4 is 11.6 Å². The molecule has 0 spiro atoms. The lowest BCUT2D eigenvalue weighted by atomic mass is 10.1. The highest BCUT2D eigenvalue weighted by molar-refractivity contribution is 6.30. The number of aryl methyl sites for hydroxylation is 1. The van der Waals surface area contributed by atoms with Crippen LogP contribution in [-0.4, -0.2) is 0 Å². The van der Waals surface area contributed by atoms with Gasteiger partial charge in [-0.15, -0.1) is 0 Å². The second kappa shape index (κ2) is 3.20. The standard InChI is InChI=1S/C8H9ClFN/c1-5-2-7(9)3-6(4-11)8(5)10/h2-3H,4,11H2,1H3. The van der Waals surface area contributed by atoms with Crippen LogP contribution in [0.15, 0.2) is 12.1 Å². The first-order valence-corrected chi connectivity index (χ1v) is 3.67. The molecule has 0 radical (unpaired) electrons. The van der Waals surface area contributed by atoms with E-state index >= 15 is 0 Å². The van der Waals surface area contributed by atoms with Gasteiger partial charge in [0, 0.05) is 17.1 Å². The molecule has 0 unspecified atom stereocenters. The molecule has 0 saturated carbocycles. The van der Waals surface area contributed by atoms with E-state index in [2.05, 4.69) is 0 Å². The van der Waals surface area contributed by atoms with Crippen molar-refractivity contribution in [1.29, 1.82) is 0 Å². The van der Waals surface area contributed by atoms with E-state index in [0.717, 1.165) is 0 Å². The Morgan fingerprint density at radius 2 is 2.18 bits per heavy atom. The summed E-state index contributed by atoms with van der Waals surface area (Å²) in [6, 6.07) is 3.12. The number of halogens is 2. The molecule has 60 valence electrons. The fraction of sp³-hybridized carbons (Fsp3) is 0.250. The van der Waals surface area contributed by atoms with Crippen LogP contribution in [-0.2, 0) is 6.54 Å². The molecule has 1 aromatic carbocycles. The molecule has 0 fully saturated rings. The Morgan fingerprint density at radius 3 is 2.73 bits per heavy atom. The SMILES string of the molecule is Cc1cc(Cl)cc(CN)c1F. The van der Waals surface area contributed by atoms with Crippen molar-refractivity contribution in [3.63, 3.8) is 0 Å². The van der Waals surface area contributed by atoms with Gasteiger partial charge < -0.3 is 5.73 Å². The molecule has 0 aliphatic carbocycles. The smallest absolute Gasteiger partial charge is 0.130 e. The monoisotopic (exact) mass is 173 g/mol. The molecule has 11 heavy (non-hydrogen) atoms. The molecule has 0 aliphatic heterocycles. The molecule has 1 aromatic rings. The Hall–Kier alpha value is -0.600. The topological polar surface area (TPSA) is 26.0 Å². The predicted octanol–water partition coefficient (Wildman–Crippen LogP) is 2.25. The highest BCUT2D eigenvalue weighted by atomic mass is 35.5. The third kappa shape index (κ3) is 1.70. The van der Waals surface area contributed by atoms with Gasteiger partial charge in [0.2, 0.25) is 0 Å². The largest absolute Gasteiger partial charge is 0.326 e. The Labute approximate surface area is 70.0 Å². The molecule has 1 rings (SSSR count). The number of nitrogens with two attached hydrogens (primary N) is 1. The summed E-state index contributed by atoms with van der Waals surface area (Å²) in [6.45, 7) is 1.85. The second-order valence-corrected chi connectivity index (χ2v) is 2.84. The number of benzene rings is 1. The molecule has 0 aromatic heterocycles. The van der Waals surface area contributed by atoms with Crippen molar-refractivity contribution in [2.45, 2.75) is 13.5 Å². The van der Waals surface area contributed by atoms with E-state index in [4.69, 9.17) is 17.3 Å². The van der Waals surface area contributed by atoms with E-state index in [9.17, 15) is 4.39 Å². The van der Waals surface area contributed by atoms with E-state index in [1.54, 1.807) is 19.1 Å². The molecular formula is C8H9ClFN. The molecule has 0 bridgehead atoms. The summed E-state index contributed by atoms with van der Waals surface area (Å²) in [5.41, 5.74) is 6.30. The minimum absolute atomic E-state index is 0.188. The minimum Gasteiger partial charge on any atom is -0.326 e. The molecule has 1 nitrogen and oxygen atoms in total. The lowest BCUT2D eigenvalue weighted by Gasteiger charge is -2.02. The molecule has 3 heteroatoms. The second-order valence-electron chi connectivity index (χ2n) is 2.40. The highest BCUT2D eigenvalue weighted by Crippen LogP contribution is 2.18. The summed E-state index contributed by atoms with van der Waals surface area (Å²) in [5, 5.41) is 0.532. The van der Waals surface area contributed by atoms with E-state index in [1.807, 2.05) is 0 Å². The Kier molecular flexibility index (Phi) is 2.47. The van der Waals surface area contributed by atoms with Gasteiger partial charge in [-0.25, -0.2) is 4.39 Å². The van der Waals surface area contributed by atoms with Crippen LogP contribution in [0.2, 0.25) is 5.02 Å². The maximum absolute atomic E-state index is 13.0. The molecule has 0 saturated heterocycles. The quantitative estimate of drug-likeness (QED) is 0.693. The third-order valence-corrected chi connectivity index (χ3v) is 1.73. The Balaban J connectivity index is 3.24. The normalized spacial score (nSPS) is 10.2. The van der Waals surface area contributed by atoms with Crippen LogP contribution in [0.5, 0.6) is 0 Å². The average molecular weight is 174 g/mol. The molecular weight excluding hydrogens is 165 g/mol. The number of hydrogen-bond donors (Lipinski definition) is 1. The lowest BCUT2D eigenvalue weighted by molar-refractivity contribution is 0.601.